The fourth-order valence-electron chi connectivity index (χ4n) is 3.44. The van der Waals surface area contributed by atoms with Gasteiger partial charge in [0.15, 0.2) is 0 Å². The highest BCUT2D eigenvalue weighted by Crippen LogP contribution is 2.24. The van der Waals surface area contributed by atoms with Crippen molar-refractivity contribution < 1.29 is 4.79 Å². The minimum Gasteiger partial charge on any atom is -0.350 e. The van der Waals surface area contributed by atoms with Crippen LogP contribution in [-0.4, -0.2) is 15.7 Å². The normalized spacial score (nSPS) is 12.3. The summed E-state index contributed by atoms with van der Waals surface area (Å²) in [6.07, 6.45) is 1.20. The van der Waals surface area contributed by atoms with Gasteiger partial charge in [-0.05, 0) is 49.1 Å². The van der Waals surface area contributed by atoms with Gasteiger partial charge in [-0.3, -0.25) is 9.48 Å². The minimum atomic E-state index is -0.0188. The summed E-state index contributed by atoms with van der Waals surface area (Å²) in [5, 5.41) is 9.94. The lowest BCUT2D eigenvalue weighted by atomic mass is 9.99. The molecule has 4 heteroatoms. The number of hydrogen-bond donors (Lipinski definition) is 1. The van der Waals surface area contributed by atoms with Gasteiger partial charge in [0.2, 0.25) is 5.91 Å². The first-order chi connectivity index (χ1) is 12.0. The van der Waals surface area contributed by atoms with E-state index in [0.29, 0.717) is 6.42 Å². The van der Waals surface area contributed by atoms with Crippen LogP contribution < -0.4 is 5.32 Å². The van der Waals surface area contributed by atoms with Crippen LogP contribution in [-0.2, 0) is 18.3 Å². The molecule has 0 spiro atoms. The molecular weight excluding hydrogens is 310 g/mol. The molecule has 25 heavy (non-hydrogen) atoms. The summed E-state index contributed by atoms with van der Waals surface area (Å²) in [4.78, 5) is 12.4. The summed E-state index contributed by atoms with van der Waals surface area (Å²) in [7, 11) is 1.94. The molecule has 0 radical (unpaired) electrons. The Morgan fingerprint density at radius 2 is 1.88 bits per heavy atom. The Labute approximate surface area is 148 Å². The number of carbonyl (C=O) groups excluding carboxylic acids is 1. The second kappa shape index (κ2) is 7.09. The lowest BCUT2D eigenvalue weighted by molar-refractivity contribution is -0.121. The van der Waals surface area contributed by atoms with Crippen molar-refractivity contribution in [1.29, 1.82) is 0 Å². The van der Waals surface area contributed by atoms with E-state index in [4.69, 9.17) is 0 Å². The Bertz CT molecular complexity index is 905. The zero-order valence-electron chi connectivity index (χ0n) is 15.3. The van der Waals surface area contributed by atoms with E-state index in [1.54, 1.807) is 0 Å². The van der Waals surface area contributed by atoms with Crippen molar-refractivity contribution in [3.8, 4) is 0 Å². The van der Waals surface area contributed by atoms with Gasteiger partial charge in [0.25, 0.3) is 0 Å². The first-order valence-electron chi connectivity index (χ1n) is 8.73. The van der Waals surface area contributed by atoms with Gasteiger partial charge in [0.1, 0.15) is 0 Å². The molecule has 0 aliphatic carbocycles. The summed E-state index contributed by atoms with van der Waals surface area (Å²) < 4.78 is 1.88. The van der Waals surface area contributed by atoms with Crippen LogP contribution in [0.4, 0.5) is 0 Å². The Balaban J connectivity index is 1.68. The van der Waals surface area contributed by atoms with E-state index < -0.39 is 0 Å². The number of nitrogens with zero attached hydrogens (tertiary/aromatic N) is 2. The molecule has 1 heterocycles. The van der Waals surface area contributed by atoms with Crippen molar-refractivity contribution in [2.24, 2.45) is 7.05 Å². The van der Waals surface area contributed by atoms with Crippen LogP contribution in [0.3, 0.4) is 0 Å². The van der Waals surface area contributed by atoms with Crippen molar-refractivity contribution in [3.05, 3.63) is 65.0 Å². The molecule has 0 bridgehead atoms. The molecule has 1 N–H and O–H groups in total. The number of hydrogen-bond acceptors (Lipinski definition) is 2. The van der Waals surface area contributed by atoms with E-state index in [1.807, 2.05) is 50.7 Å². The Morgan fingerprint density at radius 3 is 2.60 bits per heavy atom. The van der Waals surface area contributed by atoms with E-state index in [2.05, 4.69) is 34.7 Å². The van der Waals surface area contributed by atoms with Gasteiger partial charge in [-0.25, -0.2) is 0 Å². The van der Waals surface area contributed by atoms with Gasteiger partial charge in [-0.2, -0.15) is 5.10 Å². The maximum Gasteiger partial charge on any atom is 0.220 e. The van der Waals surface area contributed by atoms with E-state index >= 15 is 0 Å². The van der Waals surface area contributed by atoms with E-state index in [9.17, 15) is 4.79 Å². The molecule has 130 valence electrons. The van der Waals surface area contributed by atoms with Crippen LogP contribution >= 0.6 is 0 Å². The summed E-state index contributed by atoms with van der Waals surface area (Å²) >= 11 is 0. The summed E-state index contributed by atoms with van der Waals surface area (Å²) in [6, 6.07) is 14.5. The molecule has 1 aromatic heterocycles. The van der Waals surface area contributed by atoms with E-state index in [0.717, 1.165) is 23.4 Å². The number of fused-ring (bicyclic) bond motifs is 1. The first kappa shape index (κ1) is 17.2. The second-order valence-electron chi connectivity index (χ2n) is 6.63. The number of amides is 1. The molecule has 0 saturated carbocycles. The average Bonchev–Trinajstić information content (AvgIpc) is 2.84. The van der Waals surface area contributed by atoms with Crippen molar-refractivity contribution >= 4 is 16.7 Å². The van der Waals surface area contributed by atoms with Crippen molar-refractivity contribution in [1.82, 2.24) is 15.1 Å². The van der Waals surface area contributed by atoms with Crippen LogP contribution in [0.1, 0.15) is 41.9 Å². The average molecular weight is 335 g/mol. The Hall–Kier alpha value is -2.62. The highest BCUT2D eigenvalue weighted by Gasteiger charge is 2.14. The highest BCUT2D eigenvalue weighted by atomic mass is 16.1. The second-order valence-corrected chi connectivity index (χ2v) is 6.63. The predicted octanol–water partition coefficient (Wildman–Crippen LogP) is 4.00. The molecular formula is C21H25N3O. The smallest absolute Gasteiger partial charge is 0.220 e. The van der Waals surface area contributed by atoms with Gasteiger partial charge < -0.3 is 5.32 Å². The largest absolute Gasteiger partial charge is 0.350 e. The van der Waals surface area contributed by atoms with Gasteiger partial charge in [0.05, 0.1) is 11.7 Å². The maximum atomic E-state index is 12.4. The molecule has 1 atom stereocenters. The molecule has 2 aromatic carbocycles. The van der Waals surface area contributed by atoms with Gasteiger partial charge >= 0.3 is 0 Å². The molecule has 4 nitrogen and oxygen atoms in total. The lowest BCUT2D eigenvalue weighted by Gasteiger charge is -2.16. The lowest BCUT2D eigenvalue weighted by Crippen LogP contribution is -2.27. The van der Waals surface area contributed by atoms with Crippen molar-refractivity contribution in [3.63, 3.8) is 0 Å². The van der Waals surface area contributed by atoms with Crippen LogP contribution in [0.15, 0.2) is 42.5 Å². The zero-order chi connectivity index (χ0) is 18.0. The standard InChI is InChI=1S/C21H25N3O/c1-14(19-11-7-9-17-8-5-6-10-20(17)19)22-21(25)13-12-18-15(2)23-24(4)16(18)3/h5-11,14H,12-13H2,1-4H3,(H,22,25)/t14-/m1/s1. The molecule has 0 saturated heterocycles. The predicted molar refractivity (Wildman–Crippen MR) is 102 cm³/mol. The SMILES string of the molecule is Cc1nn(C)c(C)c1CCC(=O)N[C@H](C)c1cccc2ccccc12. The Morgan fingerprint density at radius 1 is 1.16 bits per heavy atom. The summed E-state index contributed by atoms with van der Waals surface area (Å²) in [6.45, 7) is 6.09. The van der Waals surface area contributed by atoms with Crippen LogP contribution in [0.25, 0.3) is 10.8 Å². The van der Waals surface area contributed by atoms with Crippen LogP contribution in [0.5, 0.6) is 0 Å². The van der Waals surface area contributed by atoms with Gasteiger partial charge in [0, 0.05) is 19.2 Å². The first-order valence-corrected chi connectivity index (χ1v) is 8.73. The number of rotatable bonds is 5. The molecule has 3 rings (SSSR count). The minimum absolute atomic E-state index is 0.0188. The number of aromatic nitrogens is 2. The maximum absolute atomic E-state index is 12.4. The van der Waals surface area contributed by atoms with Crippen LogP contribution in [0, 0.1) is 13.8 Å². The fraction of sp³-hybridized carbons (Fsp3) is 0.333. The molecule has 1 amide bonds. The highest BCUT2D eigenvalue weighted by molar-refractivity contribution is 5.86. The van der Waals surface area contributed by atoms with Crippen molar-refractivity contribution in [2.75, 3.05) is 0 Å². The molecule has 3 aromatic rings. The topological polar surface area (TPSA) is 46.9 Å². The molecule has 0 unspecified atom stereocenters. The third-order valence-corrected chi connectivity index (χ3v) is 4.93. The third kappa shape index (κ3) is 3.58. The number of aryl methyl sites for hydroxylation is 2. The van der Waals surface area contributed by atoms with Crippen molar-refractivity contribution in [2.45, 2.75) is 39.7 Å². The molecule has 0 aliphatic heterocycles. The number of nitrogens with one attached hydrogen (secondary N) is 1. The fourth-order valence-corrected chi connectivity index (χ4v) is 3.44. The molecule has 0 fully saturated rings. The van der Waals surface area contributed by atoms with Gasteiger partial charge in [-0.15, -0.1) is 0 Å². The quantitative estimate of drug-likeness (QED) is 0.766. The van der Waals surface area contributed by atoms with Crippen LogP contribution in [0.2, 0.25) is 0 Å². The monoisotopic (exact) mass is 335 g/mol. The zero-order valence-corrected chi connectivity index (χ0v) is 15.3. The number of carbonyl (C=O) groups is 1. The summed E-state index contributed by atoms with van der Waals surface area (Å²) in [5.41, 5.74) is 4.47. The summed E-state index contributed by atoms with van der Waals surface area (Å²) in [5.74, 6) is 0.0723. The van der Waals surface area contributed by atoms with Gasteiger partial charge in [-0.1, -0.05) is 42.5 Å². The molecule has 0 aliphatic rings. The number of benzene rings is 2. The van der Waals surface area contributed by atoms with E-state index in [1.165, 1.54) is 16.3 Å². The third-order valence-electron chi connectivity index (χ3n) is 4.93. The Kier molecular flexibility index (Phi) is 4.88. The van der Waals surface area contributed by atoms with E-state index in [-0.39, 0.29) is 11.9 Å².